The summed E-state index contributed by atoms with van der Waals surface area (Å²) < 4.78 is 43.6. The van der Waals surface area contributed by atoms with Gasteiger partial charge in [0.2, 0.25) is 5.75 Å². The van der Waals surface area contributed by atoms with E-state index < -0.39 is 16.7 Å². The second-order valence-corrected chi connectivity index (χ2v) is 5.33. The summed E-state index contributed by atoms with van der Waals surface area (Å²) in [4.78, 5) is 10.6. The molecule has 4 nitrogen and oxygen atoms in total. The average Bonchev–Trinajstić information content (AvgIpc) is 2.93. The van der Waals surface area contributed by atoms with Gasteiger partial charge in [0.1, 0.15) is 5.75 Å². The van der Waals surface area contributed by atoms with E-state index in [4.69, 9.17) is 4.74 Å². The number of benzene rings is 2. The Bertz CT molecular complexity index is 772. The van der Waals surface area contributed by atoms with Crippen LogP contribution in [0.4, 0.5) is 18.9 Å². The average molecular weight is 323 g/mol. The highest BCUT2D eigenvalue weighted by molar-refractivity contribution is 5.55. The van der Waals surface area contributed by atoms with Gasteiger partial charge >= 0.3 is 11.9 Å². The monoisotopic (exact) mass is 323 g/mol. The van der Waals surface area contributed by atoms with Crippen molar-refractivity contribution in [3.63, 3.8) is 0 Å². The Kier molecular flexibility index (Phi) is 3.71. The van der Waals surface area contributed by atoms with Crippen molar-refractivity contribution >= 4 is 5.69 Å². The maximum absolute atomic E-state index is 12.7. The molecule has 1 aliphatic carbocycles. The number of nitrogens with zero attached hydrogens (tertiary/aromatic N) is 1. The van der Waals surface area contributed by atoms with Gasteiger partial charge in [-0.1, -0.05) is 6.07 Å². The molecule has 7 heteroatoms. The van der Waals surface area contributed by atoms with E-state index >= 15 is 0 Å². The first-order chi connectivity index (χ1) is 10.8. The molecule has 0 aromatic heterocycles. The SMILES string of the molecule is O=[N+]([O-])c1cc2c(cc1Oc1cccc(C(F)(F)F)c1)CCC2. The van der Waals surface area contributed by atoms with E-state index in [-0.39, 0.29) is 17.2 Å². The first kappa shape index (κ1) is 15.3. The van der Waals surface area contributed by atoms with Crippen LogP contribution in [0.2, 0.25) is 0 Å². The summed E-state index contributed by atoms with van der Waals surface area (Å²) >= 11 is 0. The zero-order valence-corrected chi connectivity index (χ0v) is 11.9. The number of aryl methyl sites for hydroxylation is 2. The molecule has 2 aromatic rings. The molecule has 120 valence electrons. The van der Waals surface area contributed by atoms with Crippen LogP contribution in [0.15, 0.2) is 36.4 Å². The van der Waals surface area contributed by atoms with Crippen molar-refractivity contribution in [2.75, 3.05) is 0 Å². The van der Waals surface area contributed by atoms with E-state index in [1.807, 2.05) is 0 Å². The molecule has 0 saturated carbocycles. The van der Waals surface area contributed by atoms with Crippen LogP contribution in [0.25, 0.3) is 0 Å². The van der Waals surface area contributed by atoms with E-state index in [0.717, 1.165) is 42.5 Å². The first-order valence-electron chi connectivity index (χ1n) is 7.00. The number of ether oxygens (including phenoxy) is 1. The van der Waals surface area contributed by atoms with E-state index in [2.05, 4.69) is 0 Å². The van der Waals surface area contributed by atoms with Gasteiger partial charge in [0.05, 0.1) is 10.5 Å². The number of alkyl halides is 3. The minimum atomic E-state index is -4.50. The number of halogens is 3. The lowest BCUT2D eigenvalue weighted by atomic mass is 10.1. The molecule has 0 fully saturated rings. The molecule has 1 aliphatic rings. The summed E-state index contributed by atoms with van der Waals surface area (Å²) in [6, 6.07) is 7.30. The Morgan fingerprint density at radius 1 is 1.09 bits per heavy atom. The number of hydrogen-bond acceptors (Lipinski definition) is 3. The van der Waals surface area contributed by atoms with Gasteiger partial charge in [0, 0.05) is 6.07 Å². The molecule has 0 aliphatic heterocycles. The molecule has 0 amide bonds. The van der Waals surface area contributed by atoms with Gasteiger partial charge < -0.3 is 4.74 Å². The van der Waals surface area contributed by atoms with Gasteiger partial charge in [0.15, 0.2) is 0 Å². The maximum atomic E-state index is 12.7. The molecular weight excluding hydrogens is 311 g/mol. The molecule has 0 saturated heterocycles. The van der Waals surface area contributed by atoms with Gasteiger partial charge in [-0.3, -0.25) is 10.1 Å². The number of rotatable bonds is 3. The summed E-state index contributed by atoms with van der Waals surface area (Å²) in [7, 11) is 0. The van der Waals surface area contributed by atoms with Crippen LogP contribution < -0.4 is 4.74 Å². The summed E-state index contributed by atoms with van der Waals surface area (Å²) in [6.07, 6.45) is -2.05. The van der Waals surface area contributed by atoms with Gasteiger partial charge in [-0.25, -0.2) is 0 Å². The van der Waals surface area contributed by atoms with E-state index in [1.54, 1.807) is 6.07 Å². The van der Waals surface area contributed by atoms with E-state index in [9.17, 15) is 23.3 Å². The second kappa shape index (κ2) is 5.57. The van der Waals surface area contributed by atoms with Crippen molar-refractivity contribution in [1.82, 2.24) is 0 Å². The lowest BCUT2D eigenvalue weighted by Gasteiger charge is -2.11. The van der Waals surface area contributed by atoms with Gasteiger partial charge in [-0.05, 0) is 54.7 Å². The third-order valence-corrected chi connectivity index (χ3v) is 3.76. The Morgan fingerprint density at radius 2 is 1.78 bits per heavy atom. The molecule has 0 heterocycles. The Labute approximate surface area is 129 Å². The second-order valence-electron chi connectivity index (χ2n) is 5.33. The minimum absolute atomic E-state index is 0.0324. The predicted octanol–water partition coefficient (Wildman–Crippen LogP) is 4.89. The van der Waals surface area contributed by atoms with E-state index in [0.29, 0.717) is 0 Å². The van der Waals surface area contributed by atoms with Crippen molar-refractivity contribution in [2.45, 2.75) is 25.4 Å². The normalized spacial score (nSPS) is 13.7. The van der Waals surface area contributed by atoms with Crippen molar-refractivity contribution in [2.24, 2.45) is 0 Å². The van der Waals surface area contributed by atoms with Crippen LogP contribution in [0.3, 0.4) is 0 Å². The fraction of sp³-hybridized carbons (Fsp3) is 0.250. The topological polar surface area (TPSA) is 52.4 Å². The first-order valence-corrected chi connectivity index (χ1v) is 7.00. The predicted molar refractivity (Wildman–Crippen MR) is 76.6 cm³/mol. The standard InChI is InChI=1S/C16H12F3NO3/c17-16(18,19)12-5-2-6-13(9-12)23-15-8-11-4-1-3-10(11)7-14(15)20(21)22/h2,5-9H,1,3-4H2. The number of fused-ring (bicyclic) bond motifs is 1. The lowest BCUT2D eigenvalue weighted by molar-refractivity contribution is -0.385. The van der Waals surface area contributed by atoms with Crippen LogP contribution >= 0.6 is 0 Å². The third-order valence-electron chi connectivity index (χ3n) is 3.76. The lowest BCUT2D eigenvalue weighted by Crippen LogP contribution is -2.04. The highest BCUT2D eigenvalue weighted by Gasteiger charge is 2.31. The largest absolute Gasteiger partial charge is 0.450 e. The highest BCUT2D eigenvalue weighted by atomic mass is 19.4. The van der Waals surface area contributed by atoms with Gasteiger partial charge in [-0.2, -0.15) is 13.2 Å². The molecule has 0 spiro atoms. The molecular formula is C16H12F3NO3. The van der Waals surface area contributed by atoms with E-state index in [1.165, 1.54) is 18.2 Å². The smallest absolute Gasteiger partial charge is 0.416 e. The highest BCUT2D eigenvalue weighted by Crippen LogP contribution is 2.38. The fourth-order valence-electron chi connectivity index (χ4n) is 2.68. The molecule has 0 N–H and O–H groups in total. The fourth-order valence-corrected chi connectivity index (χ4v) is 2.68. The molecule has 0 radical (unpaired) electrons. The Balaban J connectivity index is 1.98. The molecule has 0 atom stereocenters. The molecule has 3 rings (SSSR count). The Hall–Kier alpha value is -2.57. The third kappa shape index (κ3) is 3.13. The molecule has 0 unspecified atom stereocenters. The molecule has 2 aromatic carbocycles. The van der Waals surface area contributed by atoms with Crippen molar-refractivity contribution in [3.8, 4) is 11.5 Å². The van der Waals surface area contributed by atoms with Crippen LogP contribution in [0.5, 0.6) is 11.5 Å². The summed E-state index contributed by atoms with van der Waals surface area (Å²) in [6.45, 7) is 0. The van der Waals surface area contributed by atoms with Crippen molar-refractivity contribution in [3.05, 3.63) is 63.2 Å². The van der Waals surface area contributed by atoms with Crippen LogP contribution in [0, 0.1) is 10.1 Å². The van der Waals surface area contributed by atoms with Crippen molar-refractivity contribution < 1.29 is 22.8 Å². The molecule has 0 bridgehead atoms. The minimum Gasteiger partial charge on any atom is -0.450 e. The number of nitro benzene ring substituents is 1. The summed E-state index contributed by atoms with van der Waals surface area (Å²) in [5.74, 6) is -0.115. The van der Waals surface area contributed by atoms with Crippen LogP contribution in [0.1, 0.15) is 23.1 Å². The quantitative estimate of drug-likeness (QED) is 0.596. The Morgan fingerprint density at radius 3 is 2.43 bits per heavy atom. The number of nitro groups is 1. The van der Waals surface area contributed by atoms with Crippen LogP contribution in [-0.2, 0) is 19.0 Å². The zero-order chi connectivity index (χ0) is 16.6. The van der Waals surface area contributed by atoms with Gasteiger partial charge in [-0.15, -0.1) is 0 Å². The van der Waals surface area contributed by atoms with Crippen LogP contribution in [-0.4, -0.2) is 4.92 Å². The van der Waals surface area contributed by atoms with Crippen molar-refractivity contribution in [1.29, 1.82) is 0 Å². The maximum Gasteiger partial charge on any atom is 0.416 e. The van der Waals surface area contributed by atoms with Gasteiger partial charge in [0.25, 0.3) is 0 Å². The number of hydrogen-bond donors (Lipinski definition) is 0. The summed E-state index contributed by atoms with van der Waals surface area (Å²) in [5.41, 5.74) is 0.743. The summed E-state index contributed by atoms with van der Waals surface area (Å²) in [5, 5.41) is 11.2. The molecule has 23 heavy (non-hydrogen) atoms. The zero-order valence-electron chi connectivity index (χ0n) is 11.9.